The summed E-state index contributed by atoms with van der Waals surface area (Å²) >= 11 is 0. The van der Waals surface area contributed by atoms with Crippen LogP contribution < -0.4 is 10.2 Å². The van der Waals surface area contributed by atoms with E-state index in [9.17, 15) is 4.79 Å². The third-order valence-corrected chi connectivity index (χ3v) is 4.01. The highest BCUT2D eigenvalue weighted by Crippen LogP contribution is 2.27. The smallest absolute Gasteiger partial charge is 0.323 e. The Morgan fingerprint density at radius 3 is 2.80 bits per heavy atom. The minimum Gasteiger partial charge on any atom is -0.323 e. The van der Waals surface area contributed by atoms with E-state index in [1.807, 2.05) is 31.1 Å². The van der Waals surface area contributed by atoms with Crippen LogP contribution in [0.1, 0.15) is 31.7 Å². The summed E-state index contributed by atoms with van der Waals surface area (Å²) in [6, 6.07) is 8.86. The molecule has 1 unspecified atom stereocenters. The molecular weight excluding hydrogens is 250 g/mol. The van der Waals surface area contributed by atoms with Crippen LogP contribution in [0.4, 0.5) is 10.5 Å². The molecule has 0 saturated heterocycles. The molecule has 4 heteroatoms. The van der Waals surface area contributed by atoms with E-state index in [4.69, 9.17) is 0 Å². The summed E-state index contributed by atoms with van der Waals surface area (Å²) in [5, 5.41) is 3.25. The molecule has 1 heterocycles. The van der Waals surface area contributed by atoms with Gasteiger partial charge in [-0.3, -0.25) is 4.90 Å². The molecule has 2 amide bonds. The quantitative estimate of drug-likeness (QED) is 0.810. The first-order valence-electron chi connectivity index (χ1n) is 7.41. The average Bonchev–Trinajstić information content (AvgIpc) is 2.46. The Bertz CT molecular complexity index is 461. The van der Waals surface area contributed by atoms with Crippen LogP contribution in [0.25, 0.3) is 0 Å². The number of hydrogen-bond donors (Lipinski definition) is 1. The molecule has 1 aliphatic rings. The lowest BCUT2D eigenvalue weighted by molar-refractivity contribution is 0.210. The SMILES string of the molecule is CNC(C)CCCCN1C(=O)N(C)Cc2ccccc21. The number of fused-ring (bicyclic) bond motifs is 1. The number of nitrogens with one attached hydrogen (secondary N) is 1. The van der Waals surface area contributed by atoms with Crippen molar-refractivity contribution in [2.24, 2.45) is 0 Å². The van der Waals surface area contributed by atoms with Crippen LogP contribution in [-0.2, 0) is 6.54 Å². The molecule has 1 atom stereocenters. The predicted octanol–water partition coefficient (Wildman–Crippen LogP) is 2.84. The topological polar surface area (TPSA) is 35.6 Å². The van der Waals surface area contributed by atoms with Gasteiger partial charge in [-0.1, -0.05) is 24.6 Å². The number of carbonyl (C=O) groups is 1. The van der Waals surface area contributed by atoms with E-state index in [1.54, 1.807) is 4.90 Å². The monoisotopic (exact) mass is 275 g/mol. The maximum absolute atomic E-state index is 12.3. The van der Waals surface area contributed by atoms with Crippen LogP contribution in [0.15, 0.2) is 24.3 Å². The summed E-state index contributed by atoms with van der Waals surface area (Å²) < 4.78 is 0. The number of amides is 2. The maximum atomic E-state index is 12.3. The van der Waals surface area contributed by atoms with Crippen LogP contribution in [0.3, 0.4) is 0 Å². The number of carbonyl (C=O) groups excluding carboxylic acids is 1. The van der Waals surface area contributed by atoms with E-state index < -0.39 is 0 Å². The second kappa shape index (κ2) is 6.75. The largest absolute Gasteiger partial charge is 0.324 e. The first kappa shape index (κ1) is 14.9. The van der Waals surface area contributed by atoms with E-state index in [0.29, 0.717) is 12.6 Å². The van der Waals surface area contributed by atoms with Gasteiger partial charge in [-0.15, -0.1) is 0 Å². The molecule has 0 bridgehead atoms. The van der Waals surface area contributed by atoms with Crippen molar-refractivity contribution in [2.45, 2.75) is 38.8 Å². The normalized spacial score (nSPS) is 16.2. The highest BCUT2D eigenvalue weighted by atomic mass is 16.2. The summed E-state index contributed by atoms with van der Waals surface area (Å²) in [6.07, 6.45) is 3.33. The van der Waals surface area contributed by atoms with E-state index in [2.05, 4.69) is 24.4 Å². The standard InChI is InChI=1S/C16H25N3O/c1-13(17-2)8-6-7-11-19-15-10-5-4-9-14(15)12-18(3)16(19)20/h4-5,9-10,13,17H,6-8,11-12H2,1-3H3. The Morgan fingerprint density at radius 2 is 2.05 bits per heavy atom. The fraction of sp³-hybridized carbons (Fsp3) is 0.562. The Balaban J connectivity index is 1.97. The molecule has 1 aromatic rings. The third-order valence-electron chi connectivity index (χ3n) is 4.01. The van der Waals surface area contributed by atoms with E-state index in [1.165, 1.54) is 5.56 Å². The fourth-order valence-corrected chi connectivity index (χ4v) is 2.62. The lowest BCUT2D eigenvalue weighted by Gasteiger charge is -2.35. The average molecular weight is 275 g/mol. The van der Waals surface area contributed by atoms with Crippen molar-refractivity contribution in [1.29, 1.82) is 0 Å². The first-order valence-corrected chi connectivity index (χ1v) is 7.41. The number of unbranched alkanes of at least 4 members (excludes halogenated alkanes) is 1. The van der Waals surface area contributed by atoms with Crippen LogP contribution in [-0.4, -0.2) is 37.6 Å². The number of urea groups is 1. The summed E-state index contributed by atoms with van der Waals surface area (Å²) in [5.74, 6) is 0. The van der Waals surface area contributed by atoms with Crippen molar-refractivity contribution in [3.8, 4) is 0 Å². The summed E-state index contributed by atoms with van der Waals surface area (Å²) in [7, 11) is 3.86. The fourth-order valence-electron chi connectivity index (χ4n) is 2.62. The molecule has 0 aromatic heterocycles. The van der Waals surface area contributed by atoms with Gasteiger partial charge in [-0.2, -0.15) is 0 Å². The second-order valence-corrected chi connectivity index (χ2v) is 5.60. The maximum Gasteiger partial charge on any atom is 0.324 e. The Kier molecular flexibility index (Phi) is 5.01. The number of para-hydroxylation sites is 1. The van der Waals surface area contributed by atoms with Crippen LogP contribution >= 0.6 is 0 Å². The van der Waals surface area contributed by atoms with Gasteiger partial charge in [-0.05, 0) is 38.4 Å². The van der Waals surface area contributed by atoms with Gasteiger partial charge in [0.1, 0.15) is 0 Å². The van der Waals surface area contributed by atoms with Crippen molar-refractivity contribution in [2.75, 3.05) is 25.5 Å². The molecule has 2 rings (SSSR count). The molecule has 0 fully saturated rings. The molecule has 0 aliphatic carbocycles. The van der Waals surface area contributed by atoms with Crippen molar-refractivity contribution < 1.29 is 4.79 Å². The Labute approximate surface area is 121 Å². The van der Waals surface area contributed by atoms with Crippen molar-refractivity contribution in [3.63, 3.8) is 0 Å². The molecule has 0 saturated carbocycles. The van der Waals surface area contributed by atoms with Crippen molar-refractivity contribution in [1.82, 2.24) is 10.2 Å². The van der Waals surface area contributed by atoms with E-state index in [0.717, 1.165) is 31.5 Å². The number of hydrogen-bond acceptors (Lipinski definition) is 2. The van der Waals surface area contributed by atoms with Gasteiger partial charge < -0.3 is 10.2 Å². The van der Waals surface area contributed by atoms with E-state index in [-0.39, 0.29) is 6.03 Å². The molecule has 4 nitrogen and oxygen atoms in total. The molecule has 1 aliphatic heterocycles. The molecule has 110 valence electrons. The lowest BCUT2D eigenvalue weighted by atomic mass is 10.1. The number of nitrogens with zero attached hydrogens (tertiary/aromatic N) is 2. The lowest BCUT2D eigenvalue weighted by Crippen LogP contribution is -2.45. The van der Waals surface area contributed by atoms with Gasteiger partial charge in [-0.25, -0.2) is 4.79 Å². The van der Waals surface area contributed by atoms with Crippen LogP contribution in [0.5, 0.6) is 0 Å². The minimum atomic E-state index is 0.116. The number of anilines is 1. The molecule has 0 radical (unpaired) electrons. The van der Waals surface area contributed by atoms with Gasteiger partial charge in [0.05, 0.1) is 5.69 Å². The Hall–Kier alpha value is -1.55. The van der Waals surface area contributed by atoms with Gasteiger partial charge in [0, 0.05) is 26.2 Å². The van der Waals surface area contributed by atoms with Crippen molar-refractivity contribution >= 4 is 11.7 Å². The minimum absolute atomic E-state index is 0.116. The van der Waals surface area contributed by atoms with Crippen LogP contribution in [0, 0.1) is 0 Å². The van der Waals surface area contributed by atoms with Gasteiger partial charge >= 0.3 is 6.03 Å². The molecule has 20 heavy (non-hydrogen) atoms. The zero-order valence-corrected chi connectivity index (χ0v) is 12.7. The summed E-state index contributed by atoms with van der Waals surface area (Å²) in [6.45, 7) is 3.70. The van der Waals surface area contributed by atoms with Gasteiger partial charge in [0.15, 0.2) is 0 Å². The van der Waals surface area contributed by atoms with Crippen LogP contribution in [0.2, 0.25) is 0 Å². The number of benzene rings is 1. The van der Waals surface area contributed by atoms with Crippen molar-refractivity contribution in [3.05, 3.63) is 29.8 Å². The molecule has 0 spiro atoms. The van der Waals surface area contributed by atoms with E-state index >= 15 is 0 Å². The predicted molar refractivity (Wildman–Crippen MR) is 83.0 cm³/mol. The Morgan fingerprint density at radius 1 is 1.30 bits per heavy atom. The zero-order valence-electron chi connectivity index (χ0n) is 12.7. The number of rotatable bonds is 6. The highest BCUT2D eigenvalue weighted by molar-refractivity contribution is 5.94. The second-order valence-electron chi connectivity index (χ2n) is 5.60. The first-order chi connectivity index (χ1) is 9.63. The summed E-state index contributed by atoms with van der Waals surface area (Å²) in [5.41, 5.74) is 2.32. The highest BCUT2D eigenvalue weighted by Gasteiger charge is 2.26. The summed E-state index contributed by atoms with van der Waals surface area (Å²) in [4.78, 5) is 16.0. The molecule has 1 aromatic carbocycles. The van der Waals surface area contributed by atoms with Gasteiger partial charge in [0.25, 0.3) is 0 Å². The third kappa shape index (κ3) is 3.31. The molecular formula is C16H25N3O. The molecule has 1 N–H and O–H groups in total. The van der Waals surface area contributed by atoms with Gasteiger partial charge in [0.2, 0.25) is 0 Å². The zero-order chi connectivity index (χ0) is 14.5.